The van der Waals surface area contributed by atoms with Crippen LogP contribution in [0.5, 0.6) is 0 Å². The highest BCUT2D eigenvalue weighted by molar-refractivity contribution is 7.89. The lowest BCUT2D eigenvalue weighted by atomic mass is 9.97. The van der Waals surface area contributed by atoms with Gasteiger partial charge >= 0.3 is 6.09 Å². The van der Waals surface area contributed by atoms with Crippen LogP contribution < -0.4 is 15.6 Å². The molecule has 1 amide bonds. The Morgan fingerprint density at radius 2 is 1.85 bits per heavy atom. The van der Waals surface area contributed by atoms with Crippen molar-refractivity contribution in [1.82, 2.24) is 20.5 Å². The van der Waals surface area contributed by atoms with E-state index in [0.717, 1.165) is 11.1 Å². The molecule has 0 aliphatic carbocycles. The van der Waals surface area contributed by atoms with E-state index in [4.69, 9.17) is 4.74 Å². The summed E-state index contributed by atoms with van der Waals surface area (Å²) in [6, 6.07) is 13.5. The van der Waals surface area contributed by atoms with Crippen LogP contribution in [0.2, 0.25) is 0 Å². The van der Waals surface area contributed by atoms with Crippen LogP contribution in [0.3, 0.4) is 0 Å². The zero-order chi connectivity index (χ0) is 24.2. The van der Waals surface area contributed by atoms with Crippen molar-refractivity contribution < 1.29 is 22.3 Å². The molecule has 180 valence electrons. The van der Waals surface area contributed by atoms with Crippen LogP contribution >= 0.6 is 0 Å². The van der Waals surface area contributed by atoms with Crippen LogP contribution in [0.25, 0.3) is 0 Å². The Labute approximate surface area is 194 Å². The number of alkyl halides is 1. The molecule has 2 aromatic rings. The standard InChI is InChI=1S/C23H31FN4O4S/c1-16-9-5-8-12-20(16)33(30,31)27-26-13-17-10-6-7-11-18(17)19-14-25-21(24)15-28(19)22(29)32-23(2,3)4/h5-12,19,21,25-27H,13-15H2,1-4H3. The Balaban J connectivity index is 1.77. The molecular formula is C23H31FN4O4S. The molecule has 2 atom stereocenters. The summed E-state index contributed by atoms with van der Waals surface area (Å²) in [6.45, 7) is 7.21. The fourth-order valence-corrected chi connectivity index (χ4v) is 4.80. The maximum absolute atomic E-state index is 14.1. The summed E-state index contributed by atoms with van der Waals surface area (Å²) < 4.78 is 44.9. The first-order valence-corrected chi connectivity index (χ1v) is 12.2. The van der Waals surface area contributed by atoms with Crippen molar-refractivity contribution in [1.29, 1.82) is 0 Å². The number of hydrogen-bond donors (Lipinski definition) is 3. The Kier molecular flexibility index (Phi) is 7.73. The van der Waals surface area contributed by atoms with Gasteiger partial charge in [0, 0.05) is 13.1 Å². The van der Waals surface area contributed by atoms with Gasteiger partial charge in [-0.2, -0.15) is 0 Å². The average molecular weight is 479 g/mol. The van der Waals surface area contributed by atoms with Crippen LogP contribution in [-0.2, 0) is 21.3 Å². The molecule has 1 saturated heterocycles. The van der Waals surface area contributed by atoms with Gasteiger partial charge in [-0.25, -0.2) is 23.0 Å². The minimum absolute atomic E-state index is 0.152. The first-order chi connectivity index (χ1) is 15.5. The summed E-state index contributed by atoms with van der Waals surface area (Å²) in [6.07, 6.45) is -1.96. The van der Waals surface area contributed by atoms with Gasteiger partial charge in [0.25, 0.3) is 10.0 Å². The number of ether oxygens (including phenoxy) is 1. The molecule has 1 aliphatic heterocycles. The number of nitrogens with zero attached hydrogens (tertiary/aromatic N) is 1. The molecule has 1 heterocycles. The Hall–Kier alpha value is -2.53. The quantitative estimate of drug-likeness (QED) is 0.436. The van der Waals surface area contributed by atoms with E-state index >= 15 is 0 Å². The summed E-state index contributed by atoms with van der Waals surface area (Å²) in [7, 11) is -3.76. The highest BCUT2D eigenvalue weighted by atomic mass is 32.2. The van der Waals surface area contributed by atoms with Crippen molar-refractivity contribution in [2.45, 2.75) is 57.1 Å². The first kappa shape index (κ1) is 25.1. The van der Waals surface area contributed by atoms with Crippen LogP contribution in [0.1, 0.15) is 43.5 Å². The normalized spacial score (nSPS) is 19.4. The number of aryl methyl sites for hydroxylation is 1. The first-order valence-electron chi connectivity index (χ1n) is 10.7. The number of piperazine rings is 1. The summed E-state index contributed by atoms with van der Waals surface area (Å²) in [5.74, 6) is 0. The van der Waals surface area contributed by atoms with Crippen molar-refractivity contribution in [3.63, 3.8) is 0 Å². The topological polar surface area (TPSA) is 99.8 Å². The van der Waals surface area contributed by atoms with E-state index in [1.165, 1.54) is 11.0 Å². The van der Waals surface area contributed by atoms with Crippen molar-refractivity contribution in [3.8, 4) is 0 Å². The second kappa shape index (κ2) is 10.2. The fraction of sp³-hybridized carbons (Fsp3) is 0.435. The molecule has 33 heavy (non-hydrogen) atoms. The molecule has 0 bridgehead atoms. The fourth-order valence-electron chi connectivity index (χ4n) is 3.67. The van der Waals surface area contributed by atoms with Crippen molar-refractivity contribution >= 4 is 16.1 Å². The second-order valence-electron chi connectivity index (χ2n) is 8.95. The van der Waals surface area contributed by atoms with E-state index in [0.29, 0.717) is 5.56 Å². The number of carbonyl (C=O) groups excluding carboxylic acids is 1. The third-order valence-corrected chi connectivity index (χ3v) is 6.63. The van der Waals surface area contributed by atoms with Crippen LogP contribution in [0, 0.1) is 6.92 Å². The second-order valence-corrected chi connectivity index (χ2v) is 10.6. The zero-order valence-corrected chi connectivity index (χ0v) is 20.1. The number of halogens is 1. The molecule has 1 fully saturated rings. The van der Waals surface area contributed by atoms with E-state index in [-0.39, 0.29) is 24.5 Å². The zero-order valence-electron chi connectivity index (χ0n) is 19.3. The van der Waals surface area contributed by atoms with Gasteiger partial charge in [-0.3, -0.25) is 10.2 Å². The van der Waals surface area contributed by atoms with Gasteiger partial charge in [-0.1, -0.05) is 42.5 Å². The molecule has 8 nitrogen and oxygen atoms in total. The maximum Gasteiger partial charge on any atom is 0.410 e. The van der Waals surface area contributed by atoms with Gasteiger partial charge in [0.15, 0.2) is 6.30 Å². The molecule has 3 N–H and O–H groups in total. The number of rotatable bonds is 6. The highest BCUT2D eigenvalue weighted by Gasteiger charge is 2.36. The van der Waals surface area contributed by atoms with Gasteiger partial charge in [0.05, 0.1) is 17.5 Å². The summed E-state index contributed by atoms with van der Waals surface area (Å²) >= 11 is 0. The van der Waals surface area contributed by atoms with Crippen molar-refractivity contribution in [3.05, 3.63) is 65.2 Å². The number of sulfonamides is 1. The molecular weight excluding hydrogens is 447 g/mol. The lowest BCUT2D eigenvalue weighted by molar-refractivity contribution is -0.00260. The number of carbonyl (C=O) groups is 1. The minimum Gasteiger partial charge on any atom is -0.444 e. The molecule has 0 radical (unpaired) electrons. The Morgan fingerprint density at radius 3 is 2.55 bits per heavy atom. The molecule has 2 unspecified atom stereocenters. The lowest BCUT2D eigenvalue weighted by Crippen LogP contribution is -2.53. The third kappa shape index (κ3) is 6.50. The number of amides is 1. The molecule has 0 spiro atoms. The molecule has 1 aliphatic rings. The SMILES string of the molecule is Cc1ccccc1S(=O)(=O)NNCc1ccccc1C1CNC(F)CN1C(=O)OC(C)(C)C. The van der Waals surface area contributed by atoms with Gasteiger partial charge in [-0.15, -0.1) is 4.83 Å². The molecule has 10 heteroatoms. The summed E-state index contributed by atoms with van der Waals surface area (Å²) in [5, 5.41) is 2.77. The van der Waals surface area contributed by atoms with E-state index in [1.807, 2.05) is 24.3 Å². The van der Waals surface area contributed by atoms with Gasteiger partial charge in [0.2, 0.25) is 0 Å². The largest absolute Gasteiger partial charge is 0.444 e. The summed E-state index contributed by atoms with van der Waals surface area (Å²) in [5.41, 5.74) is 4.22. The van der Waals surface area contributed by atoms with Gasteiger partial charge in [-0.05, 0) is 50.5 Å². The molecule has 0 aromatic heterocycles. The predicted molar refractivity (Wildman–Crippen MR) is 123 cm³/mol. The predicted octanol–water partition coefficient (Wildman–Crippen LogP) is 3.16. The molecule has 2 aromatic carbocycles. The van der Waals surface area contributed by atoms with Crippen LogP contribution in [0.15, 0.2) is 53.4 Å². The maximum atomic E-state index is 14.1. The van der Waals surface area contributed by atoms with E-state index in [1.54, 1.807) is 45.9 Å². The molecule has 0 saturated carbocycles. The lowest BCUT2D eigenvalue weighted by Gasteiger charge is -2.39. The van der Waals surface area contributed by atoms with E-state index < -0.39 is 34.1 Å². The monoisotopic (exact) mass is 478 g/mol. The number of nitrogens with one attached hydrogen (secondary N) is 3. The van der Waals surface area contributed by atoms with Crippen LogP contribution in [-0.4, -0.2) is 44.4 Å². The number of hydrogen-bond acceptors (Lipinski definition) is 6. The van der Waals surface area contributed by atoms with E-state index in [9.17, 15) is 17.6 Å². The summed E-state index contributed by atoms with van der Waals surface area (Å²) in [4.78, 5) is 16.8. The van der Waals surface area contributed by atoms with Gasteiger partial charge < -0.3 is 4.74 Å². The smallest absolute Gasteiger partial charge is 0.410 e. The number of hydrazine groups is 1. The van der Waals surface area contributed by atoms with Crippen molar-refractivity contribution in [2.75, 3.05) is 13.1 Å². The van der Waals surface area contributed by atoms with Crippen LogP contribution in [0.4, 0.5) is 9.18 Å². The van der Waals surface area contributed by atoms with Gasteiger partial charge in [0.1, 0.15) is 5.60 Å². The highest BCUT2D eigenvalue weighted by Crippen LogP contribution is 2.28. The van der Waals surface area contributed by atoms with Crippen molar-refractivity contribution in [2.24, 2.45) is 0 Å². The Bertz CT molecular complexity index is 1090. The Morgan fingerprint density at radius 1 is 1.18 bits per heavy atom. The third-order valence-electron chi connectivity index (χ3n) is 5.18. The van der Waals surface area contributed by atoms with E-state index in [2.05, 4.69) is 15.6 Å². The number of benzene rings is 2. The average Bonchev–Trinajstić information content (AvgIpc) is 2.73. The molecule has 3 rings (SSSR count). The minimum atomic E-state index is -3.76.